The molecule has 2 aromatic carbocycles. The van der Waals surface area contributed by atoms with E-state index in [4.69, 9.17) is 4.42 Å². The fourth-order valence-corrected chi connectivity index (χ4v) is 4.49. The van der Waals surface area contributed by atoms with Crippen LogP contribution in [0.15, 0.2) is 76.2 Å². The molecule has 28 heavy (non-hydrogen) atoms. The molecule has 6 heteroatoms. The highest BCUT2D eigenvalue weighted by molar-refractivity contribution is 7.99. The van der Waals surface area contributed by atoms with E-state index in [0.717, 1.165) is 27.6 Å². The van der Waals surface area contributed by atoms with E-state index in [9.17, 15) is 9.59 Å². The van der Waals surface area contributed by atoms with Crippen LogP contribution in [0, 0.1) is 6.92 Å². The highest BCUT2D eigenvalue weighted by Crippen LogP contribution is 2.45. The summed E-state index contributed by atoms with van der Waals surface area (Å²) in [6, 6.07) is 19.0. The monoisotopic (exact) mass is 392 g/mol. The van der Waals surface area contributed by atoms with Crippen molar-refractivity contribution in [2.24, 2.45) is 0 Å². The lowest BCUT2D eigenvalue weighted by molar-refractivity contribution is -0.121. The first-order chi connectivity index (χ1) is 13.6. The molecule has 0 saturated heterocycles. The number of amides is 2. The maximum absolute atomic E-state index is 13.0. The Hall–Kier alpha value is -2.99. The molecule has 1 atom stereocenters. The summed E-state index contributed by atoms with van der Waals surface area (Å²) in [6.07, 6.45) is 1.88. The van der Waals surface area contributed by atoms with Gasteiger partial charge in [-0.25, -0.2) is 0 Å². The zero-order valence-electron chi connectivity index (χ0n) is 15.4. The highest BCUT2D eigenvalue weighted by Gasteiger charge is 2.31. The Morgan fingerprint density at radius 1 is 1.18 bits per heavy atom. The minimum atomic E-state index is -0.227. The molecule has 0 spiro atoms. The van der Waals surface area contributed by atoms with Gasteiger partial charge in [-0.1, -0.05) is 24.3 Å². The van der Waals surface area contributed by atoms with Crippen molar-refractivity contribution in [3.63, 3.8) is 0 Å². The van der Waals surface area contributed by atoms with Crippen LogP contribution in [0.5, 0.6) is 0 Å². The molecule has 5 nitrogen and oxygen atoms in total. The zero-order valence-corrected chi connectivity index (χ0v) is 16.2. The number of carbonyl (C=O) groups excluding carboxylic acids is 2. The summed E-state index contributed by atoms with van der Waals surface area (Å²) in [6.45, 7) is 1.94. The van der Waals surface area contributed by atoms with Gasteiger partial charge in [0, 0.05) is 17.0 Å². The van der Waals surface area contributed by atoms with Gasteiger partial charge in [-0.15, -0.1) is 11.8 Å². The molecule has 0 unspecified atom stereocenters. The van der Waals surface area contributed by atoms with Crippen molar-refractivity contribution in [2.75, 3.05) is 16.8 Å². The van der Waals surface area contributed by atoms with E-state index < -0.39 is 0 Å². The van der Waals surface area contributed by atoms with Crippen LogP contribution in [-0.2, 0) is 9.59 Å². The minimum absolute atomic E-state index is 0.0325. The van der Waals surface area contributed by atoms with E-state index >= 15 is 0 Å². The highest BCUT2D eigenvalue weighted by atomic mass is 32.2. The second kappa shape index (κ2) is 7.94. The van der Waals surface area contributed by atoms with Gasteiger partial charge in [-0.3, -0.25) is 9.59 Å². The van der Waals surface area contributed by atoms with Crippen molar-refractivity contribution in [1.82, 2.24) is 0 Å². The van der Waals surface area contributed by atoms with Gasteiger partial charge in [0.15, 0.2) is 0 Å². The van der Waals surface area contributed by atoms with E-state index in [0.29, 0.717) is 0 Å². The second-order valence-electron chi connectivity index (χ2n) is 6.69. The third-order valence-corrected chi connectivity index (χ3v) is 5.83. The molecule has 1 N–H and O–H groups in total. The number of hydrogen-bond acceptors (Lipinski definition) is 4. The zero-order chi connectivity index (χ0) is 19.5. The van der Waals surface area contributed by atoms with Gasteiger partial charge < -0.3 is 14.6 Å². The largest absolute Gasteiger partial charge is 0.468 e. The Bertz CT molecular complexity index is 1000. The summed E-state index contributed by atoms with van der Waals surface area (Å²) in [5.41, 5.74) is 2.54. The number of fused-ring (bicyclic) bond motifs is 1. The van der Waals surface area contributed by atoms with E-state index in [1.165, 1.54) is 0 Å². The number of nitrogens with zero attached hydrogens (tertiary/aromatic N) is 1. The van der Waals surface area contributed by atoms with Gasteiger partial charge in [0.25, 0.3) is 0 Å². The molecule has 3 aromatic rings. The lowest BCUT2D eigenvalue weighted by Crippen LogP contribution is -2.38. The van der Waals surface area contributed by atoms with Crippen molar-refractivity contribution < 1.29 is 14.0 Å². The van der Waals surface area contributed by atoms with Crippen LogP contribution in [0.2, 0.25) is 0 Å². The summed E-state index contributed by atoms with van der Waals surface area (Å²) in [4.78, 5) is 28.2. The Labute approximate surface area is 167 Å². The number of furan rings is 1. The first-order valence-electron chi connectivity index (χ1n) is 9.06. The minimum Gasteiger partial charge on any atom is -0.468 e. The third-order valence-electron chi connectivity index (χ3n) is 4.55. The van der Waals surface area contributed by atoms with Crippen LogP contribution in [0.4, 0.5) is 11.4 Å². The quantitative estimate of drug-likeness (QED) is 0.693. The van der Waals surface area contributed by atoms with E-state index in [1.807, 2.05) is 67.6 Å². The topological polar surface area (TPSA) is 62.6 Å². The molecule has 1 aliphatic heterocycles. The fraction of sp³-hybridized carbons (Fsp3) is 0.182. The van der Waals surface area contributed by atoms with Gasteiger partial charge in [-0.05, 0) is 48.9 Å². The predicted octanol–water partition coefficient (Wildman–Crippen LogP) is 4.80. The lowest BCUT2D eigenvalue weighted by atomic mass is 10.2. The van der Waals surface area contributed by atoms with Crippen LogP contribution < -0.4 is 10.2 Å². The van der Waals surface area contributed by atoms with Gasteiger partial charge in [0.1, 0.15) is 12.3 Å². The summed E-state index contributed by atoms with van der Waals surface area (Å²) in [5, 5.41) is 2.77. The second-order valence-corrected chi connectivity index (χ2v) is 7.94. The number of nitrogens with one attached hydrogen (secondary N) is 1. The SMILES string of the molecule is Cc1cccc(NC(=O)CN2C(=O)C[C@H](c3ccco3)Sc3ccccc32)c1. The molecule has 142 valence electrons. The standard InChI is InChI=1S/C22H20N2O3S/c1-15-6-4-7-16(12-15)23-21(25)14-24-17-8-2-3-10-19(17)28-20(13-22(24)26)18-9-5-11-27-18/h2-12,20H,13-14H2,1H3,(H,23,25)/t20-/m1/s1. The van der Waals surface area contributed by atoms with Gasteiger partial charge >= 0.3 is 0 Å². The van der Waals surface area contributed by atoms with Crippen molar-refractivity contribution >= 4 is 35.0 Å². The molecule has 1 aromatic heterocycles. The van der Waals surface area contributed by atoms with Crippen molar-refractivity contribution in [3.05, 3.63) is 78.3 Å². The Balaban J connectivity index is 1.58. The maximum Gasteiger partial charge on any atom is 0.244 e. The smallest absolute Gasteiger partial charge is 0.244 e. The van der Waals surface area contributed by atoms with Gasteiger partial charge in [0.2, 0.25) is 11.8 Å². The molecule has 2 amide bonds. The van der Waals surface area contributed by atoms with Crippen LogP contribution in [0.25, 0.3) is 0 Å². The van der Waals surface area contributed by atoms with Gasteiger partial charge in [0.05, 0.1) is 17.2 Å². The molecule has 0 fully saturated rings. The number of rotatable bonds is 4. The number of thioether (sulfide) groups is 1. The van der Waals surface area contributed by atoms with Crippen molar-refractivity contribution in [3.8, 4) is 0 Å². The van der Waals surface area contributed by atoms with E-state index in [-0.39, 0.29) is 30.0 Å². The number of carbonyl (C=O) groups is 2. The Morgan fingerprint density at radius 3 is 2.82 bits per heavy atom. The van der Waals surface area contributed by atoms with Crippen LogP contribution in [0.1, 0.15) is 23.0 Å². The van der Waals surface area contributed by atoms with Crippen LogP contribution in [-0.4, -0.2) is 18.4 Å². The van der Waals surface area contributed by atoms with Crippen molar-refractivity contribution in [2.45, 2.75) is 23.5 Å². The van der Waals surface area contributed by atoms with Crippen LogP contribution >= 0.6 is 11.8 Å². The molecule has 4 rings (SSSR count). The number of aryl methyl sites for hydroxylation is 1. The summed E-state index contributed by atoms with van der Waals surface area (Å²) in [5.74, 6) is 0.438. The Kier molecular flexibility index (Phi) is 5.21. The Morgan fingerprint density at radius 2 is 2.04 bits per heavy atom. The molecule has 0 bridgehead atoms. The average Bonchev–Trinajstić information content (AvgIpc) is 3.16. The summed E-state index contributed by atoms with van der Waals surface area (Å²) in [7, 11) is 0. The maximum atomic E-state index is 13.0. The summed E-state index contributed by atoms with van der Waals surface area (Å²) < 4.78 is 5.53. The molecule has 0 saturated carbocycles. The molecule has 0 radical (unpaired) electrons. The average molecular weight is 392 g/mol. The first kappa shape index (κ1) is 18.4. The third kappa shape index (κ3) is 3.97. The first-order valence-corrected chi connectivity index (χ1v) is 9.94. The number of anilines is 2. The van der Waals surface area contributed by atoms with E-state index in [1.54, 1.807) is 22.9 Å². The summed E-state index contributed by atoms with van der Waals surface area (Å²) >= 11 is 1.59. The van der Waals surface area contributed by atoms with Gasteiger partial charge in [-0.2, -0.15) is 0 Å². The van der Waals surface area contributed by atoms with Crippen LogP contribution in [0.3, 0.4) is 0 Å². The molecule has 1 aliphatic rings. The molecular weight excluding hydrogens is 372 g/mol. The number of benzene rings is 2. The fourth-order valence-electron chi connectivity index (χ4n) is 3.25. The van der Waals surface area contributed by atoms with Crippen molar-refractivity contribution in [1.29, 1.82) is 0 Å². The van der Waals surface area contributed by atoms with E-state index in [2.05, 4.69) is 5.32 Å². The lowest BCUT2D eigenvalue weighted by Gasteiger charge is -2.22. The number of hydrogen-bond donors (Lipinski definition) is 1. The molecular formula is C22H20N2O3S. The predicted molar refractivity (Wildman–Crippen MR) is 111 cm³/mol. The molecule has 2 heterocycles. The number of para-hydroxylation sites is 1. The normalized spacial score (nSPS) is 16.4. The molecule has 0 aliphatic carbocycles.